The van der Waals surface area contributed by atoms with Crippen LogP contribution in [0.5, 0.6) is 11.5 Å². The molecule has 0 aliphatic heterocycles. The van der Waals surface area contributed by atoms with Crippen molar-refractivity contribution in [2.75, 3.05) is 6.61 Å². The van der Waals surface area contributed by atoms with E-state index in [0.717, 1.165) is 0 Å². The van der Waals surface area contributed by atoms with Crippen LogP contribution in [0.25, 0.3) is 6.08 Å². The molecule has 0 saturated heterocycles. The molecular formula is C14H18O4. The Balaban J connectivity index is 2.58. The summed E-state index contributed by atoms with van der Waals surface area (Å²) in [6.45, 7) is 3.86. The number of benzene rings is 1. The van der Waals surface area contributed by atoms with Gasteiger partial charge < -0.3 is 14.9 Å². The molecule has 1 rings (SSSR count). The molecule has 0 atom stereocenters. The molecule has 2 N–H and O–H groups in total. The summed E-state index contributed by atoms with van der Waals surface area (Å²) in [6, 6.07) is 3.44. The molecular weight excluding hydrogens is 232 g/mol. The van der Waals surface area contributed by atoms with E-state index in [9.17, 15) is 15.0 Å². The number of aromatic hydroxyl groups is 2. The first-order chi connectivity index (χ1) is 8.56. The van der Waals surface area contributed by atoms with Crippen molar-refractivity contribution in [2.45, 2.75) is 26.7 Å². The molecule has 4 nitrogen and oxygen atoms in total. The maximum Gasteiger partial charge on any atom is 0.306 e. The van der Waals surface area contributed by atoms with Gasteiger partial charge in [0.05, 0.1) is 6.61 Å². The number of hydrogen-bond acceptors (Lipinski definition) is 4. The van der Waals surface area contributed by atoms with Crippen LogP contribution >= 0.6 is 0 Å². The Bertz CT molecular complexity index is 449. The van der Waals surface area contributed by atoms with Gasteiger partial charge in [0.15, 0.2) is 11.5 Å². The van der Waals surface area contributed by atoms with Gasteiger partial charge in [0.2, 0.25) is 0 Å². The minimum Gasteiger partial charge on any atom is -0.504 e. The number of phenols is 2. The number of hydrogen-bond donors (Lipinski definition) is 2. The van der Waals surface area contributed by atoms with Gasteiger partial charge in [-0.15, -0.1) is 0 Å². The van der Waals surface area contributed by atoms with Crippen molar-refractivity contribution in [3.8, 4) is 11.5 Å². The van der Waals surface area contributed by atoms with Crippen molar-refractivity contribution in [2.24, 2.45) is 0 Å². The summed E-state index contributed by atoms with van der Waals surface area (Å²) in [5.41, 5.74) is 1.15. The second kappa shape index (κ2) is 6.69. The summed E-state index contributed by atoms with van der Waals surface area (Å²) in [7, 11) is 0. The molecule has 0 bridgehead atoms. The maximum atomic E-state index is 11.1. The molecule has 98 valence electrons. The first-order valence-electron chi connectivity index (χ1n) is 5.90. The molecule has 18 heavy (non-hydrogen) atoms. The van der Waals surface area contributed by atoms with Gasteiger partial charge in [-0.1, -0.05) is 24.3 Å². The Morgan fingerprint density at radius 1 is 1.33 bits per heavy atom. The van der Waals surface area contributed by atoms with Gasteiger partial charge in [-0.25, -0.2) is 0 Å². The second-order valence-corrected chi connectivity index (χ2v) is 3.91. The van der Waals surface area contributed by atoms with Crippen LogP contribution in [0.4, 0.5) is 0 Å². The van der Waals surface area contributed by atoms with Crippen molar-refractivity contribution in [3.63, 3.8) is 0 Å². The third-order valence-corrected chi connectivity index (χ3v) is 2.50. The third-order valence-electron chi connectivity index (χ3n) is 2.50. The normalized spacial score (nSPS) is 10.8. The van der Waals surface area contributed by atoms with Crippen LogP contribution in [-0.4, -0.2) is 22.8 Å². The summed E-state index contributed by atoms with van der Waals surface area (Å²) in [6.07, 6.45) is 4.28. The van der Waals surface area contributed by atoms with Crippen LogP contribution in [0, 0.1) is 6.92 Å². The SMILES string of the molecule is CCOC(=O)CC/C=C/c1ccc(C)c(O)c1O. The fraction of sp³-hybridized carbons (Fsp3) is 0.357. The maximum absolute atomic E-state index is 11.1. The average molecular weight is 250 g/mol. The van der Waals surface area contributed by atoms with E-state index in [1.807, 2.05) is 0 Å². The largest absolute Gasteiger partial charge is 0.504 e. The lowest BCUT2D eigenvalue weighted by Gasteiger charge is -2.04. The number of aryl methyl sites for hydroxylation is 1. The van der Waals surface area contributed by atoms with E-state index in [2.05, 4.69) is 0 Å². The van der Waals surface area contributed by atoms with Crippen LogP contribution in [0.15, 0.2) is 18.2 Å². The van der Waals surface area contributed by atoms with Gasteiger partial charge in [0, 0.05) is 12.0 Å². The average Bonchev–Trinajstić information content (AvgIpc) is 2.34. The summed E-state index contributed by atoms with van der Waals surface area (Å²) < 4.78 is 4.79. The number of phenolic OH excluding ortho intramolecular Hbond substituents is 2. The number of ether oxygens (including phenoxy) is 1. The summed E-state index contributed by atoms with van der Waals surface area (Å²) in [5.74, 6) is -0.483. The van der Waals surface area contributed by atoms with Crippen molar-refractivity contribution >= 4 is 12.0 Å². The molecule has 0 aliphatic carbocycles. The monoisotopic (exact) mass is 250 g/mol. The van der Waals surface area contributed by atoms with E-state index >= 15 is 0 Å². The lowest BCUT2D eigenvalue weighted by molar-refractivity contribution is -0.142. The van der Waals surface area contributed by atoms with Crippen molar-refractivity contribution in [1.82, 2.24) is 0 Å². The molecule has 1 aromatic rings. The Morgan fingerprint density at radius 2 is 2.06 bits per heavy atom. The summed E-state index contributed by atoms with van der Waals surface area (Å²) >= 11 is 0. The fourth-order valence-corrected chi connectivity index (χ4v) is 1.48. The molecule has 0 amide bonds. The Morgan fingerprint density at radius 3 is 2.72 bits per heavy atom. The highest BCUT2D eigenvalue weighted by atomic mass is 16.5. The summed E-state index contributed by atoms with van der Waals surface area (Å²) in [5, 5.41) is 19.2. The van der Waals surface area contributed by atoms with Gasteiger partial charge >= 0.3 is 5.97 Å². The van der Waals surface area contributed by atoms with Gasteiger partial charge in [-0.2, -0.15) is 0 Å². The van der Waals surface area contributed by atoms with Crippen LogP contribution in [-0.2, 0) is 9.53 Å². The highest BCUT2D eigenvalue weighted by molar-refractivity contribution is 5.70. The van der Waals surface area contributed by atoms with Crippen LogP contribution in [0.1, 0.15) is 30.9 Å². The molecule has 0 unspecified atom stereocenters. The van der Waals surface area contributed by atoms with Crippen molar-refractivity contribution < 1.29 is 19.7 Å². The van der Waals surface area contributed by atoms with Crippen LogP contribution in [0.2, 0.25) is 0 Å². The lowest BCUT2D eigenvalue weighted by atomic mass is 10.1. The molecule has 0 aromatic heterocycles. The minimum absolute atomic E-state index is 0.109. The van der Waals surface area contributed by atoms with Crippen molar-refractivity contribution in [3.05, 3.63) is 29.3 Å². The highest BCUT2D eigenvalue weighted by Gasteiger charge is 2.06. The number of carbonyl (C=O) groups excluding carboxylic acids is 1. The zero-order chi connectivity index (χ0) is 13.5. The standard InChI is InChI=1S/C14H18O4/c1-3-18-12(15)7-5-4-6-11-9-8-10(2)13(16)14(11)17/h4,6,8-9,16-17H,3,5,7H2,1-2H3/b6-4+. The Kier molecular flexibility index (Phi) is 5.24. The second-order valence-electron chi connectivity index (χ2n) is 3.91. The quantitative estimate of drug-likeness (QED) is 0.623. The van der Waals surface area contributed by atoms with E-state index in [4.69, 9.17) is 4.74 Å². The number of allylic oxidation sites excluding steroid dienone is 1. The van der Waals surface area contributed by atoms with Crippen LogP contribution in [0.3, 0.4) is 0 Å². The zero-order valence-corrected chi connectivity index (χ0v) is 10.6. The predicted molar refractivity (Wildman–Crippen MR) is 69.4 cm³/mol. The smallest absolute Gasteiger partial charge is 0.306 e. The molecule has 0 aliphatic rings. The summed E-state index contributed by atoms with van der Waals surface area (Å²) in [4.78, 5) is 11.1. The van der Waals surface area contributed by atoms with Crippen LogP contribution < -0.4 is 0 Å². The zero-order valence-electron chi connectivity index (χ0n) is 10.6. The van der Waals surface area contributed by atoms with Gasteiger partial charge in [0.25, 0.3) is 0 Å². The van der Waals surface area contributed by atoms with E-state index in [1.165, 1.54) is 0 Å². The Hall–Kier alpha value is -1.97. The Labute approximate surface area is 107 Å². The molecule has 0 heterocycles. The molecule has 1 aromatic carbocycles. The van der Waals surface area contributed by atoms with E-state index in [-0.39, 0.29) is 17.5 Å². The van der Waals surface area contributed by atoms with Gasteiger partial charge in [0.1, 0.15) is 0 Å². The van der Waals surface area contributed by atoms with E-state index in [0.29, 0.717) is 30.6 Å². The number of carbonyl (C=O) groups is 1. The predicted octanol–water partition coefficient (Wildman–Crippen LogP) is 2.76. The molecule has 0 radical (unpaired) electrons. The topological polar surface area (TPSA) is 66.8 Å². The first-order valence-corrected chi connectivity index (χ1v) is 5.90. The lowest BCUT2D eigenvalue weighted by Crippen LogP contribution is -2.02. The van der Waals surface area contributed by atoms with Gasteiger partial charge in [-0.05, 0) is 25.8 Å². The highest BCUT2D eigenvalue weighted by Crippen LogP contribution is 2.32. The van der Waals surface area contributed by atoms with E-state index < -0.39 is 0 Å². The molecule has 4 heteroatoms. The molecule has 0 fully saturated rings. The molecule has 0 saturated carbocycles. The molecule has 0 spiro atoms. The van der Waals surface area contributed by atoms with Gasteiger partial charge in [-0.3, -0.25) is 4.79 Å². The number of rotatable bonds is 5. The minimum atomic E-state index is -0.238. The fourth-order valence-electron chi connectivity index (χ4n) is 1.48. The van der Waals surface area contributed by atoms with Crippen molar-refractivity contribution in [1.29, 1.82) is 0 Å². The van der Waals surface area contributed by atoms with E-state index in [1.54, 1.807) is 38.1 Å². The third kappa shape index (κ3) is 3.80. The first kappa shape index (κ1) is 14.1. The number of esters is 1.